The zero-order chi connectivity index (χ0) is 27.4. The maximum atomic E-state index is 13.1. The highest BCUT2D eigenvalue weighted by atomic mass is 32.2. The Bertz CT molecular complexity index is 1470. The SMILES string of the molecule is CN(C)CCCN(C)S(=O)(=O)c1ccc(N=C(c2ccccc2)C2C(=O)Nc3ccc([N+](=O)[O-])cc32)cc1. The van der Waals surface area contributed by atoms with E-state index in [0.717, 1.165) is 6.54 Å². The van der Waals surface area contributed by atoms with Gasteiger partial charge in [0, 0.05) is 37.0 Å². The van der Waals surface area contributed by atoms with Gasteiger partial charge in [0.15, 0.2) is 0 Å². The van der Waals surface area contributed by atoms with Crippen LogP contribution in [0.15, 0.2) is 82.7 Å². The lowest BCUT2D eigenvalue weighted by atomic mass is 9.90. The number of nitro benzene ring substituents is 1. The molecule has 38 heavy (non-hydrogen) atoms. The third-order valence-electron chi connectivity index (χ3n) is 6.29. The molecule has 0 aliphatic carbocycles. The van der Waals surface area contributed by atoms with Gasteiger partial charge in [-0.15, -0.1) is 0 Å². The van der Waals surface area contributed by atoms with Gasteiger partial charge in [-0.05, 0) is 63.0 Å². The number of hydrogen-bond acceptors (Lipinski definition) is 7. The number of aliphatic imine (C=N–C) groups is 1. The van der Waals surface area contributed by atoms with Crippen molar-refractivity contribution in [2.45, 2.75) is 17.2 Å². The summed E-state index contributed by atoms with van der Waals surface area (Å²) in [5, 5.41) is 14.2. The fourth-order valence-electron chi connectivity index (χ4n) is 4.28. The van der Waals surface area contributed by atoms with Crippen LogP contribution in [0, 0.1) is 10.1 Å². The van der Waals surface area contributed by atoms with Crippen molar-refractivity contribution in [3.8, 4) is 0 Å². The summed E-state index contributed by atoms with van der Waals surface area (Å²) in [6, 6.07) is 19.5. The quantitative estimate of drug-likeness (QED) is 0.237. The number of fused-ring (bicyclic) bond motifs is 1. The lowest BCUT2D eigenvalue weighted by Gasteiger charge is -2.18. The first-order valence-electron chi connectivity index (χ1n) is 12.0. The molecule has 0 bridgehead atoms. The summed E-state index contributed by atoms with van der Waals surface area (Å²) in [5.41, 5.74) is 2.35. The van der Waals surface area contributed by atoms with Crippen LogP contribution < -0.4 is 5.32 Å². The van der Waals surface area contributed by atoms with Crippen LogP contribution >= 0.6 is 0 Å². The molecule has 1 aliphatic heterocycles. The number of anilines is 1. The lowest BCUT2D eigenvalue weighted by Crippen LogP contribution is -2.29. The molecule has 3 aromatic carbocycles. The number of non-ortho nitro benzene ring substituents is 1. The summed E-state index contributed by atoms with van der Waals surface area (Å²) in [6.07, 6.45) is 0.703. The molecule has 1 heterocycles. The van der Waals surface area contributed by atoms with Gasteiger partial charge >= 0.3 is 0 Å². The predicted molar refractivity (Wildman–Crippen MR) is 147 cm³/mol. The second kappa shape index (κ2) is 11.2. The van der Waals surface area contributed by atoms with Crippen LogP contribution in [0.25, 0.3) is 0 Å². The second-order valence-electron chi connectivity index (χ2n) is 9.29. The molecule has 0 saturated heterocycles. The highest BCUT2D eigenvalue weighted by molar-refractivity contribution is 7.89. The fourth-order valence-corrected chi connectivity index (χ4v) is 5.49. The first-order chi connectivity index (χ1) is 18.1. The van der Waals surface area contributed by atoms with Crippen molar-refractivity contribution < 1.29 is 18.1 Å². The number of amides is 1. The molecule has 0 aromatic heterocycles. The minimum atomic E-state index is -3.67. The van der Waals surface area contributed by atoms with Gasteiger partial charge in [0.2, 0.25) is 15.9 Å². The monoisotopic (exact) mass is 535 g/mol. The maximum Gasteiger partial charge on any atom is 0.269 e. The van der Waals surface area contributed by atoms with Crippen LogP contribution in [0.2, 0.25) is 0 Å². The number of rotatable bonds is 10. The standard InChI is InChI=1S/C27H29N5O5S/c1-30(2)16-7-17-31(3)38(36,37)22-13-10-20(11-14-22)28-26(19-8-5-4-6-9-19)25-23-18-21(32(34)35)12-15-24(23)29-27(25)33/h4-6,8-15,18,25H,7,16-17H2,1-3H3,(H,29,33). The summed E-state index contributed by atoms with van der Waals surface area (Å²) < 4.78 is 27.3. The number of nitrogens with one attached hydrogen (secondary N) is 1. The number of nitro groups is 1. The molecule has 1 unspecified atom stereocenters. The van der Waals surface area contributed by atoms with Crippen LogP contribution in [0.1, 0.15) is 23.5 Å². The maximum absolute atomic E-state index is 13.1. The predicted octanol–water partition coefficient (Wildman–Crippen LogP) is 4.02. The second-order valence-corrected chi connectivity index (χ2v) is 11.3. The number of benzene rings is 3. The Balaban J connectivity index is 1.69. The van der Waals surface area contributed by atoms with Gasteiger partial charge < -0.3 is 10.2 Å². The minimum absolute atomic E-state index is 0.123. The smallest absolute Gasteiger partial charge is 0.269 e. The molecule has 1 N–H and O–H groups in total. The zero-order valence-corrected chi connectivity index (χ0v) is 22.2. The first kappa shape index (κ1) is 27.1. The molecule has 4 rings (SSSR count). The normalized spacial score (nSPS) is 15.6. The number of carbonyl (C=O) groups excluding carboxylic acids is 1. The number of nitrogens with zero attached hydrogens (tertiary/aromatic N) is 4. The van der Waals surface area contributed by atoms with Crippen molar-refractivity contribution in [1.82, 2.24) is 9.21 Å². The lowest BCUT2D eigenvalue weighted by molar-refractivity contribution is -0.384. The molecule has 10 nitrogen and oxygen atoms in total. The number of hydrogen-bond donors (Lipinski definition) is 1. The molecule has 198 valence electrons. The minimum Gasteiger partial charge on any atom is -0.325 e. The van der Waals surface area contributed by atoms with Gasteiger partial charge in [-0.1, -0.05) is 30.3 Å². The van der Waals surface area contributed by atoms with Crippen LogP contribution in [0.3, 0.4) is 0 Å². The molecule has 0 saturated carbocycles. The summed E-state index contributed by atoms with van der Waals surface area (Å²) in [6.45, 7) is 1.16. The average molecular weight is 536 g/mol. The van der Waals surface area contributed by atoms with Crippen molar-refractivity contribution >= 4 is 38.7 Å². The number of sulfonamides is 1. The highest BCUT2D eigenvalue weighted by Crippen LogP contribution is 2.38. The fraction of sp³-hybridized carbons (Fsp3) is 0.259. The van der Waals surface area contributed by atoms with E-state index in [2.05, 4.69) is 5.32 Å². The topological polar surface area (TPSA) is 125 Å². The molecule has 3 aromatic rings. The van der Waals surface area contributed by atoms with E-state index in [4.69, 9.17) is 4.99 Å². The molecule has 0 spiro atoms. The third-order valence-corrected chi connectivity index (χ3v) is 8.16. The molecule has 0 fully saturated rings. The van der Waals surface area contributed by atoms with Crippen LogP contribution in [-0.4, -0.2) is 68.4 Å². The third kappa shape index (κ3) is 5.80. The largest absolute Gasteiger partial charge is 0.325 e. The van der Waals surface area contributed by atoms with Crippen molar-refractivity contribution in [2.24, 2.45) is 4.99 Å². The summed E-state index contributed by atoms with van der Waals surface area (Å²) >= 11 is 0. The average Bonchev–Trinajstić information content (AvgIpc) is 3.22. The molecule has 1 aliphatic rings. The van der Waals surface area contributed by atoms with Crippen molar-refractivity contribution in [2.75, 3.05) is 39.5 Å². The Morgan fingerprint density at radius 2 is 1.68 bits per heavy atom. The molecule has 11 heteroatoms. The Hall–Kier alpha value is -3.93. The van der Waals surface area contributed by atoms with E-state index in [0.29, 0.717) is 41.2 Å². The van der Waals surface area contributed by atoms with Crippen LogP contribution in [-0.2, 0) is 14.8 Å². The van der Waals surface area contributed by atoms with E-state index < -0.39 is 20.9 Å². The molecular weight excluding hydrogens is 506 g/mol. The van der Waals surface area contributed by atoms with Gasteiger partial charge in [0.1, 0.15) is 5.92 Å². The summed E-state index contributed by atoms with van der Waals surface area (Å²) in [5.74, 6) is -1.22. The Kier molecular flexibility index (Phi) is 8.00. The van der Waals surface area contributed by atoms with Gasteiger partial charge in [-0.25, -0.2) is 12.7 Å². The first-order valence-corrected chi connectivity index (χ1v) is 13.5. The van der Waals surface area contributed by atoms with E-state index in [9.17, 15) is 23.3 Å². The van der Waals surface area contributed by atoms with Crippen LogP contribution in [0.4, 0.5) is 17.1 Å². The van der Waals surface area contributed by atoms with Crippen LogP contribution in [0.5, 0.6) is 0 Å². The molecular formula is C27H29N5O5S. The van der Waals surface area contributed by atoms with E-state index in [-0.39, 0.29) is 16.5 Å². The summed E-state index contributed by atoms with van der Waals surface area (Å²) in [4.78, 5) is 30.8. The Morgan fingerprint density at radius 1 is 1.00 bits per heavy atom. The van der Waals surface area contributed by atoms with Gasteiger partial charge in [-0.3, -0.25) is 19.9 Å². The van der Waals surface area contributed by atoms with Crippen molar-refractivity contribution in [1.29, 1.82) is 0 Å². The van der Waals surface area contributed by atoms with Crippen molar-refractivity contribution in [3.05, 3.63) is 94.0 Å². The Morgan fingerprint density at radius 3 is 2.32 bits per heavy atom. The van der Waals surface area contributed by atoms with E-state index in [1.807, 2.05) is 49.3 Å². The summed E-state index contributed by atoms with van der Waals surface area (Å²) in [7, 11) is 1.76. The van der Waals surface area contributed by atoms with Gasteiger partial charge in [0.05, 0.1) is 21.2 Å². The highest BCUT2D eigenvalue weighted by Gasteiger charge is 2.36. The van der Waals surface area contributed by atoms with Gasteiger partial charge in [-0.2, -0.15) is 0 Å². The molecule has 1 amide bonds. The molecule has 1 atom stereocenters. The number of carbonyl (C=O) groups is 1. The van der Waals surface area contributed by atoms with E-state index >= 15 is 0 Å². The van der Waals surface area contributed by atoms with Crippen molar-refractivity contribution in [3.63, 3.8) is 0 Å². The van der Waals surface area contributed by atoms with E-state index in [1.54, 1.807) is 19.2 Å². The Labute approximate surface area is 221 Å². The van der Waals surface area contributed by atoms with Gasteiger partial charge in [0.25, 0.3) is 5.69 Å². The van der Waals surface area contributed by atoms with E-state index in [1.165, 1.54) is 34.6 Å². The molecule has 0 radical (unpaired) electrons. The zero-order valence-electron chi connectivity index (χ0n) is 21.4.